The summed E-state index contributed by atoms with van der Waals surface area (Å²) in [6.45, 7) is 4.92. The van der Waals surface area contributed by atoms with Crippen LogP contribution in [0.1, 0.15) is 36.9 Å². The fourth-order valence-electron chi connectivity index (χ4n) is 2.39. The molecule has 1 aliphatic carbocycles. The quantitative estimate of drug-likeness (QED) is 0.821. The highest BCUT2D eigenvalue weighted by atomic mass is 16.5. The van der Waals surface area contributed by atoms with Crippen LogP contribution in [-0.2, 0) is 4.74 Å². The predicted octanol–water partition coefficient (Wildman–Crippen LogP) is 2.47. The van der Waals surface area contributed by atoms with Crippen molar-refractivity contribution < 1.29 is 4.74 Å². The van der Waals surface area contributed by atoms with Gasteiger partial charge in [0.1, 0.15) is 0 Å². The van der Waals surface area contributed by atoms with Crippen molar-refractivity contribution in [1.29, 1.82) is 0 Å². The average Bonchev–Trinajstić information content (AvgIpc) is 3.13. The molecule has 1 fully saturated rings. The predicted molar refractivity (Wildman–Crippen MR) is 68.9 cm³/mol. The maximum Gasteiger partial charge on any atom is 0.0798 e. The molecule has 3 nitrogen and oxygen atoms in total. The minimum absolute atomic E-state index is 0.259. The van der Waals surface area contributed by atoms with Crippen LogP contribution < -0.4 is 5.32 Å². The molecule has 3 heteroatoms. The van der Waals surface area contributed by atoms with Gasteiger partial charge in [-0.25, -0.2) is 0 Å². The third-order valence-corrected chi connectivity index (χ3v) is 3.34. The highest BCUT2D eigenvalue weighted by molar-refractivity contribution is 5.22. The summed E-state index contributed by atoms with van der Waals surface area (Å²) in [5, 5.41) is 3.39. The van der Waals surface area contributed by atoms with Crippen LogP contribution in [0.2, 0.25) is 0 Å². The van der Waals surface area contributed by atoms with Gasteiger partial charge in [-0.1, -0.05) is 6.07 Å². The average molecular weight is 234 g/mol. The zero-order chi connectivity index (χ0) is 12.3. The Morgan fingerprint density at radius 3 is 2.76 bits per heavy atom. The van der Waals surface area contributed by atoms with E-state index in [0.717, 1.165) is 6.61 Å². The molecule has 0 saturated heterocycles. The maximum absolute atomic E-state index is 5.92. The second kappa shape index (κ2) is 5.61. The minimum atomic E-state index is 0.259. The van der Waals surface area contributed by atoms with Crippen molar-refractivity contribution in [1.82, 2.24) is 10.3 Å². The summed E-state index contributed by atoms with van der Waals surface area (Å²) < 4.78 is 5.92. The number of aryl methyl sites for hydroxylation is 1. The van der Waals surface area contributed by atoms with E-state index in [1.54, 1.807) is 0 Å². The first kappa shape index (κ1) is 12.5. The molecule has 0 aliphatic heterocycles. The first-order valence-electron chi connectivity index (χ1n) is 6.46. The molecule has 94 valence electrons. The molecule has 1 aromatic heterocycles. The molecule has 1 N–H and O–H groups in total. The van der Waals surface area contributed by atoms with Crippen molar-refractivity contribution in [3.8, 4) is 0 Å². The van der Waals surface area contributed by atoms with Crippen molar-refractivity contribution in [3.63, 3.8) is 0 Å². The Balaban J connectivity index is 2.18. The third-order valence-electron chi connectivity index (χ3n) is 3.34. The molecule has 0 spiro atoms. The zero-order valence-electron chi connectivity index (χ0n) is 10.9. The second-order valence-corrected chi connectivity index (χ2v) is 4.82. The van der Waals surface area contributed by atoms with Gasteiger partial charge in [-0.15, -0.1) is 0 Å². The lowest BCUT2D eigenvalue weighted by molar-refractivity contribution is 0.0204. The molecule has 1 saturated carbocycles. The first-order chi connectivity index (χ1) is 8.26. The molecule has 2 unspecified atom stereocenters. The van der Waals surface area contributed by atoms with Crippen LogP contribution in [-0.4, -0.2) is 24.7 Å². The van der Waals surface area contributed by atoms with Crippen LogP contribution in [0.4, 0.5) is 0 Å². The van der Waals surface area contributed by atoms with E-state index in [1.807, 2.05) is 19.4 Å². The Bertz CT molecular complexity index is 363. The number of aromatic nitrogens is 1. The lowest BCUT2D eigenvalue weighted by Crippen LogP contribution is -2.33. The van der Waals surface area contributed by atoms with E-state index in [2.05, 4.69) is 30.2 Å². The summed E-state index contributed by atoms with van der Waals surface area (Å²) in [5.74, 6) is 0.716. The highest BCUT2D eigenvalue weighted by Crippen LogP contribution is 2.39. The SMILES string of the molecule is CCOC(C1CC1)C(NC)c1cncc(C)c1. The van der Waals surface area contributed by atoms with Crippen molar-refractivity contribution in [2.45, 2.75) is 38.8 Å². The summed E-state index contributed by atoms with van der Waals surface area (Å²) in [5.41, 5.74) is 2.44. The van der Waals surface area contributed by atoms with Gasteiger partial charge in [-0.05, 0) is 50.8 Å². The topological polar surface area (TPSA) is 34.1 Å². The number of nitrogens with one attached hydrogen (secondary N) is 1. The van der Waals surface area contributed by atoms with E-state index in [0.29, 0.717) is 5.92 Å². The number of likely N-dealkylation sites (N-methyl/N-ethyl adjacent to an activating group) is 1. The Labute approximate surface area is 104 Å². The number of nitrogens with zero attached hydrogens (tertiary/aromatic N) is 1. The summed E-state index contributed by atoms with van der Waals surface area (Å²) in [7, 11) is 2.00. The minimum Gasteiger partial charge on any atom is -0.376 e. The number of rotatable bonds is 6. The summed E-state index contributed by atoms with van der Waals surface area (Å²) in [6, 6.07) is 2.46. The van der Waals surface area contributed by atoms with Gasteiger partial charge in [-0.3, -0.25) is 4.98 Å². The van der Waals surface area contributed by atoms with E-state index in [-0.39, 0.29) is 12.1 Å². The molecular formula is C14H22N2O. The third kappa shape index (κ3) is 3.05. The van der Waals surface area contributed by atoms with E-state index >= 15 is 0 Å². The Morgan fingerprint density at radius 2 is 2.24 bits per heavy atom. The molecule has 2 atom stereocenters. The molecule has 0 amide bonds. The van der Waals surface area contributed by atoms with Crippen molar-refractivity contribution in [2.75, 3.05) is 13.7 Å². The number of hydrogen-bond acceptors (Lipinski definition) is 3. The monoisotopic (exact) mass is 234 g/mol. The number of hydrogen-bond donors (Lipinski definition) is 1. The summed E-state index contributed by atoms with van der Waals surface area (Å²) in [4.78, 5) is 4.28. The van der Waals surface area contributed by atoms with Crippen molar-refractivity contribution in [2.24, 2.45) is 5.92 Å². The highest BCUT2D eigenvalue weighted by Gasteiger charge is 2.37. The number of ether oxygens (including phenoxy) is 1. The summed E-state index contributed by atoms with van der Waals surface area (Å²) in [6.07, 6.45) is 6.71. The fraction of sp³-hybridized carbons (Fsp3) is 0.643. The van der Waals surface area contributed by atoms with Gasteiger partial charge in [0.2, 0.25) is 0 Å². The molecule has 0 aromatic carbocycles. The van der Waals surface area contributed by atoms with Crippen LogP contribution in [0.3, 0.4) is 0 Å². The Hall–Kier alpha value is -0.930. The molecule has 0 bridgehead atoms. The molecular weight excluding hydrogens is 212 g/mol. The van der Waals surface area contributed by atoms with E-state index in [4.69, 9.17) is 4.74 Å². The molecule has 1 heterocycles. The van der Waals surface area contributed by atoms with Crippen molar-refractivity contribution in [3.05, 3.63) is 29.6 Å². The molecule has 1 aromatic rings. The fourth-order valence-corrected chi connectivity index (χ4v) is 2.39. The van der Waals surface area contributed by atoms with Crippen molar-refractivity contribution >= 4 is 0 Å². The molecule has 0 radical (unpaired) electrons. The summed E-state index contributed by atoms with van der Waals surface area (Å²) >= 11 is 0. The normalized spacial score (nSPS) is 19.0. The van der Waals surface area contributed by atoms with Crippen LogP contribution >= 0.6 is 0 Å². The van der Waals surface area contributed by atoms with Gasteiger partial charge < -0.3 is 10.1 Å². The second-order valence-electron chi connectivity index (χ2n) is 4.82. The van der Waals surface area contributed by atoms with Gasteiger partial charge in [-0.2, -0.15) is 0 Å². The van der Waals surface area contributed by atoms with Gasteiger partial charge >= 0.3 is 0 Å². The van der Waals surface area contributed by atoms with E-state index in [9.17, 15) is 0 Å². The smallest absolute Gasteiger partial charge is 0.0798 e. The Kier molecular flexibility index (Phi) is 4.13. The van der Waals surface area contributed by atoms with Crippen LogP contribution in [0.15, 0.2) is 18.5 Å². The lowest BCUT2D eigenvalue weighted by Gasteiger charge is -2.27. The van der Waals surface area contributed by atoms with Crippen LogP contribution in [0.5, 0.6) is 0 Å². The van der Waals surface area contributed by atoms with Gasteiger partial charge in [0.25, 0.3) is 0 Å². The largest absolute Gasteiger partial charge is 0.376 e. The van der Waals surface area contributed by atoms with E-state index in [1.165, 1.54) is 24.0 Å². The molecule has 2 rings (SSSR count). The van der Waals surface area contributed by atoms with Crippen LogP contribution in [0.25, 0.3) is 0 Å². The maximum atomic E-state index is 5.92. The Morgan fingerprint density at radius 1 is 1.47 bits per heavy atom. The zero-order valence-corrected chi connectivity index (χ0v) is 10.9. The lowest BCUT2D eigenvalue weighted by atomic mass is 9.98. The standard InChI is InChI=1S/C14H22N2O/c1-4-17-14(11-5-6-11)13(15-3)12-7-10(2)8-16-9-12/h7-9,11,13-15H,4-6H2,1-3H3. The van der Waals surface area contributed by atoms with Gasteiger partial charge in [0.15, 0.2) is 0 Å². The van der Waals surface area contributed by atoms with E-state index < -0.39 is 0 Å². The van der Waals surface area contributed by atoms with Crippen LogP contribution in [0, 0.1) is 12.8 Å². The van der Waals surface area contributed by atoms with Gasteiger partial charge in [0.05, 0.1) is 12.1 Å². The van der Waals surface area contributed by atoms with Gasteiger partial charge in [0, 0.05) is 19.0 Å². The molecule has 17 heavy (non-hydrogen) atoms. The number of pyridine rings is 1. The first-order valence-corrected chi connectivity index (χ1v) is 6.46. The molecule has 1 aliphatic rings.